The van der Waals surface area contributed by atoms with E-state index in [0.717, 1.165) is 11.3 Å². The number of carbonyl (C=O) groups excluding carboxylic acids is 1. The molecule has 0 unspecified atom stereocenters. The zero-order valence-electron chi connectivity index (χ0n) is 11.4. The van der Waals surface area contributed by atoms with E-state index in [1.165, 1.54) is 35.6 Å². The van der Waals surface area contributed by atoms with Crippen LogP contribution < -0.4 is 10.6 Å². The number of nitrogens with one attached hydrogen (secondary N) is 2. The van der Waals surface area contributed by atoms with Crippen LogP contribution in [0.3, 0.4) is 0 Å². The number of urea groups is 1. The molecule has 4 nitrogen and oxygen atoms in total. The van der Waals surface area contributed by atoms with E-state index in [2.05, 4.69) is 15.6 Å². The zero-order valence-corrected chi connectivity index (χ0v) is 12.2. The van der Waals surface area contributed by atoms with Crippen LogP contribution in [-0.4, -0.2) is 11.0 Å². The molecule has 0 atom stereocenters. The molecular weight excluding hydrogens is 301 g/mol. The van der Waals surface area contributed by atoms with Crippen molar-refractivity contribution in [3.63, 3.8) is 0 Å². The van der Waals surface area contributed by atoms with Gasteiger partial charge in [-0.1, -0.05) is 30.3 Å². The quantitative estimate of drug-likeness (QED) is 0.743. The van der Waals surface area contributed by atoms with Gasteiger partial charge < -0.3 is 5.32 Å². The fraction of sp³-hybridized carbons (Fsp3) is 0. The summed E-state index contributed by atoms with van der Waals surface area (Å²) >= 11 is 1.34. The van der Waals surface area contributed by atoms with Crippen LogP contribution in [-0.2, 0) is 0 Å². The topological polar surface area (TPSA) is 54.0 Å². The Bertz CT molecular complexity index is 772. The fourth-order valence-corrected chi connectivity index (χ4v) is 2.58. The summed E-state index contributed by atoms with van der Waals surface area (Å²) in [6, 6.07) is 14.9. The van der Waals surface area contributed by atoms with Crippen LogP contribution >= 0.6 is 11.3 Å². The monoisotopic (exact) mass is 313 g/mol. The minimum absolute atomic E-state index is 0.349. The number of thiazole rings is 1. The molecule has 0 fully saturated rings. The Morgan fingerprint density at radius 2 is 1.73 bits per heavy atom. The highest BCUT2D eigenvalue weighted by Crippen LogP contribution is 2.24. The van der Waals surface area contributed by atoms with E-state index in [9.17, 15) is 9.18 Å². The molecular formula is C16H12FN3OS. The molecule has 2 aromatic carbocycles. The molecule has 3 aromatic rings. The molecule has 0 aliphatic heterocycles. The van der Waals surface area contributed by atoms with Gasteiger partial charge in [-0.2, -0.15) is 0 Å². The fourth-order valence-electron chi connectivity index (χ4n) is 1.87. The lowest BCUT2D eigenvalue weighted by Gasteiger charge is -2.04. The first-order valence-electron chi connectivity index (χ1n) is 6.55. The molecule has 2 N–H and O–H groups in total. The van der Waals surface area contributed by atoms with Crippen molar-refractivity contribution < 1.29 is 9.18 Å². The van der Waals surface area contributed by atoms with Gasteiger partial charge in [-0.05, 0) is 24.3 Å². The Hall–Kier alpha value is -2.73. The van der Waals surface area contributed by atoms with Crippen LogP contribution in [0.4, 0.5) is 20.0 Å². The molecule has 2 amide bonds. The minimum atomic E-state index is -0.416. The maximum atomic E-state index is 12.8. The van der Waals surface area contributed by atoms with Crippen LogP contribution in [0.15, 0.2) is 60.0 Å². The van der Waals surface area contributed by atoms with E-state index in [1.807, 2.05) is 35.7 Å². The van der Waals surface area contributed by atoms with Crippen molar-refractivity contribution in [1.82, 2.24) is 4.98 Å². The molecule has 110 valence electrons. The minimum Gasteiger partial charge on any atom is -0.308 e. The number of benzene rings is 2. The van der Waals surface area contributed by atoms with Crippen molar-refractivity contribution in [2.75, 3.05) is 10.6 Å². The third-order valence-electron chi connectivity index (χ3n) is 2.90. The predicted molar refractivity (Wildman–Crippen MR) is 86.6 cm³/mol. The van der Waals surface area contributed by atoms with Crippen molar-refractivity contribution in [3.8, 4) is 11.3 Å². The van der Waals surface area contributed by atoms with Crippen LogP contribution in [0.5, 0.6) is 0 Å². The van der Waals surface area contributed by atoms with E-state index < -0.39 is 6.03 Å². The molecule has 1 aromatic heterocycles. The zero-order chi connectivity index (χ0) is 15.4. The number of hydrogen-bond acceptors (Lipinski definition) is 3. The Morgan fingerprint density at radius 3 is 2.45 bits per heavy atom. The van der Waals surface area contributed by atoms with Gasteiger partial charge >= 0.3 is 6.03 Å². The van der Waals surface area contributed by atoms with Crippen molar-refractivity contribution in [3.05, 3.63) is 65.8 Å². The molecule has 1 heterocycles. The summed E-state index contributed by atoms with van der Waals surface area (Å²) in [5.41, 5.74) is 2.31. The van der Waals surface area contributed by atoms with E-state index in [4.69, 9.17) is 0 Å². The van der Waals surface area contributed by atoms with Gasteiger partial charge in [0.25, 0.3) is 0 Å². The average molecular weight is 313 g/mol. The average Bonchev–Trinajstić information content (AvgIpc) is 2.99. The first kappa shape index (κ1) is 14.2. The Balaban J connectivity index is 1.65. The van der Waals surface area contributed by atoms with Gasteiger partial charge in [0, 0.05) is 16.6 Å². The second-order valence-corrected chi connectivity index (χ2v) is 5.35. The van der Waals surface area contributed by atoms with E-state index in [0.29, 0.717) is 10.8 Å². The van der Waals surface area contributed by atoms with Crippen molar-refractivity contribution in [2.45, 2.75) is 0 Å². The maximum absolute atomic E-state index is 12.8. The second kappa shape index (κ2) is 6.36. The van der Waals surface area contributed by atoms with Gasteiger partial charge in [-0.15, -0.1) is 11.3 Å². The van der Waals surface area contributed by atoms with Crippen molar-refractivity contribution >= 4 is 28.2 Å². The highest BCUT2D eigenvalue weighted by Gasteiger charge is 2.08. The predicted octanol–water partition coefficient (Wildman–Crippen LogP) is 4.59. The van der Waals surface area contributed by atoms with Gasteiger partial charge in [0.2, 0.25) is 0 Å². The highest BCUT2D eigenvalue weighted by atomic mass is 32.1. The molecule has 0 bridgehead atoms. The number of amides is 2. The number of rotatable bonds is 3. The SMILES string of the molecule is O=C(Nc1ccc(F)cc1)Nc1nc(-c2ccccc2)cs1. The molecule has 0 radical (unpaired) electrons. The van der Waals surface area contributed by atoms with Crippen LogP contribution in [0.25, 0.3) is 11.3 Å². The molecule has 6 heteroatoms. The van der Waals surface area contributed by atoms with E-state index in [1.54, 1.807) is 0 Å². The van der Waals surface area contributed by atoms with Gasteiger partial charge in [0.15, 0.2) is 5.13 Å². The summed E-state index contributed by atoms with van der Waals surface area (Å²) in [4.78, 5) is 16.2. The smallest absolute Gasteiger partial charge is 0.308 e. The molecule has 0 saturated carbocycles. The summed E-state index contributed by atoms with van der Waals surface area (Å²) in [6.07, 6.45) is 0. The summed E-state index contributed by atoms with van der Waals surface area (Å²) in [5.74, 6) is -0.349. The summed E-state index contributed by atoms with van der Waals surface area (Å²) < 4.78 is 12.8. The number of aromatic nitrogens is 1. The van der Waals surface area contributed by atoms with Gasteiger partial charge in [0.05, 0.1) is 5.69 Å². The largest absolute Gasteiger partial charge is 0.325 e. The maximum Gasteiger partial charge on any atom is 0.325 e. The number of halogens is 1. The second-order valence-electron chi connectivity index (χ2n) is 4.49. The molecule has 22 heavy (non-hydrogen) atoms. The van der Waals surface area contributed by atoms with E-state index in [-0.39, 0.29) is 5.82 Å². The molecule has 3 rings (SSSR count). The number of anilines is 2. The Kier molecular flexibility index (Phi) is 4.11. The third-order valence-corrected chi connectivity index (χ3v) is 3.65. The lowest BCUT2D eigenvalue weighted by molar-refractivity contribution is 0.262. The molecule has 0 spiro atoms. The first-order chi connectivity index (χ1) is 10.7. The van der Waals surface area contributed by atoms with Gasteiger partial charge in [-0.25, -0.2) is 14.2 Å². The molecule has 0 aliphatic rings. The number of nitrogens with zero attached hydrogens (tertiary/aromatic N) is 1. The number of hydrogen-bond donors (Lipinski definition) is 2. The standard InChI is InChI=1S/C16H12FN3OS/c17-12-6-8-13(9-7-12)18-15(21)20-16-19-14(10-22-16)11-4-2-1-3-5-11/h1-10H,(H2,18,19,20,21). The normalized spacial score (nSPS) is 10.2. The van der Waals surface area contributed by atoms with Crippen LogP contribution in [0, 0.1) is 5.82 Å². The highest BCUT2D eigenvalue weighted by molar-refractivity contribution is 7.14. The van der Waals surface area contributed by atoms with E-state index >= 15 is 0 Å². The van der Waals surface area contributed by atoms with Crippen molar-refractivity contribution in [2.24, 2.45) is 0 Å². The summed E-state index contributed by atoms with van der Waals surface area (Å²) in [6.45, 7) is 0. The third kappa shape index (κ3) is 3.48. The lowest BCUT2D eigenvalue weighted by Crippen LogP contribution is -2.19. The summed E-state index contributed by atoms with van der Waals surface area (Å²) in [5, 5.41) is 7.65. The summed E-state index contributed by atoms with van der Waals surface area (Å²) in [7, 11) is 0. The molecule has 0 saturated heterocycles. The molecule has 0 aliphatic carbocycles. The van der Waals surface area contributed by atoms with Crippen molar-refractivity contribution in [1.29, 1.82) is 0 Å². The Morgan fingerprint density at radius 1 is 1.00 bits per heavy atom. The number of carbonyl (C=O) groups is 1. The van der Waals surface area contributed by atoms with Gasteiger partial charge in [-0.3, -0.25) is 5.32 Å². The van der Waals surface area contributed by atoms with Gasteiger partial charge in [0.1, 0.15) is 5.82 Å². The van der Waals surface area contributed by atoms with Crippen LogP contribution in [0.1, 0.15) is 0 Å². The van der Waals surface area contributed by atoms with Crippen LogP contribution in [0.2, 0.25) is 0 Å². The first-order valence-corrected chi connectivity index (χ1v) is 7.43. The lowest BCUT2D eigenvalue weighted by atomic mass is 10.2. The Labute approximate surface area is 130 Å².